The minimum absolute atomic E-state index is 0.235. The lowest BCUT2D eigenvalue weighted by molar-refractivity contribution is 0.215. The van der Waals surface area contributed by atoms with E-state index in [0.29, 0.717) is 15.7 Å². The number of nitrogens with one attached hydrogen (secondary N) is 1. The zero-order valence-corrected chi connectivity index (χ0v) is 11.0. The van der Waals surface area contributed by atoms with Crippen molar-refractivity contribution in [3.63, 3.8) is 0 Å². The highest BCUT2D eigenvalue weighted by atomic mass is 35.5. The fourth-order valence-electron chi connectivity index (χ4n) is 1.33. The summed E-state index contributed by atoms with van der Waals surface area (Å²) < 4.78 is 17.6. The van der Waals surface area contributed by atoms with Crippen LogP contribution < -0.4 is 10.1 Å². The third-order valence-corrected chi connectivity index (χ3v) is 2.93. The summed E-state index contributed by atoms with van der Waals surface area (Å²) in [5, 5.41) is 3.18. The van der Waals surface area contributed by atoms with Gasteiger partial charge in [0.15, 0.2) is 0 Å². The molecule has 0 saturated carbocycles. The van der Waals surface area contributed by atoms with Crippen LogP contribution >= 0.6 is 23.2 Å². The van der Waals surface area contributed by atoms with Crippen LogP contribution in [0, 0.1) is 5.82 Å². The number of carbonyl (C=O) groups is 1. The lowest BCUT2D eigenvalue weighted by Gasteiger charge is -2.07. The first-order chi connectivity index (χ1) is 9.04. The van der Waals surface area contributed by atoms with Crippen LogP contribution in [0.15, 0.2) is 42.5 Å². The molecule has 0 atom stereocenters. The molecular formula is C13H8Cl2FNO2. The van der Waals surface area contributed by atoms with E-state index in [9.17, 15) is 9.18 Å². The highest BCUT2D eigenvalue weighted by Crippen LogP contribution is 2.25. The Morgan fingerprint density at radius 2 is 1.74 bits per heavy atom. The first-order valence-corrected chi connectivity index (χ1v) is 5.99. The molecule has 0 bridgehead atoms. The molecule has 98 valence electrons. The smallest absolute Gasteiger partial charge is 0.410 e. The standard InChI is InChI=1S/C13H8Cl2FNO2/c14-11-6-3-9(7-12(11)15)17-13(18)19-10-4-1-8(16)2-5-10/h1-7H,(H,17,18). The molecule has 0 spiro atoms. The Morgan fingerprint density at radius 1 is 1.05 bits per heavy atom. The Bertz CT molecular complexity index is 602. The van der Waals surface area contributed by atoms with Gasteiger partial charge in [0.2, 0.25) is 0 Å². The molecule has 1 N–H and O–H groups in total. The highest BCUT2D eigenvalue weighted by molar-refractivity contribution is 6.42. The van der Waals surface area contributed by atoms with Crippen molar-refractivity contribution in [2.45, 2.75) is 0 Å². The fourth-order valence-corrected chi connectivity index (χ4v) is 1.63. The van der Waals surface area contributed by atoms with Crippen LogP contribution in [0.4, 0.5) is 14.9 Å². The largest absolute Gasteiger partial charge is 0.417 e. The zero-order chi connectivity index (χ0) is 13.8. The van der Waals surface area contributed by atoms with E-state index in [1.54, 1.807) is 12.1 Å². The van der Waals surface area contributed by atoms with Crippen LogP contribution in [-0.4, -0.2) is 6.09 Å². The molecule has 0 aliphatic carbocycles. The molecule has 2 aromatic rings. The maximum Gasteiger partial charge on any atom is 0.417 e. The molecule has 0 saturated heterocycles. The normalized spacial score (nSPS) is 10.1. The lowest BCUT2D eigenvalue weighted by Crippen LogP contribution is -2.16. The Kier molecular flexibility index (Phi) is 4.24. The monoisotopic (exact) mass is 299 g/mol. The molecule has 2 rings (SSSR count). The van der Waals surface area contributed by atoms with Gasteiger partial charge in [0.1, 0.15) is 11.6 Å². The van der Waals surface area contributed by atoms with E-state index < -0.39 is 11.9 Å². The summed E-state index contributed by atoms with van der Waals surface area (Å²) in [5.41, 5.74) is 0.446. The molecule has 3 nitrogen and oxygen atoms in total. The van der Waals surface area contributed by atoms with Gasteiger partial charge in [-0.25, -0.2) is 9.18 Å². The number of ether oxygens (including phenoxy) is 1. The number of amides is 1. The van der Waals surface area contributed by atoms with E-state index in [0.717, 1.165) is 0 Å². The Hall–Kier alpha value is -1.78. The number of rotatable bonds is 2. The quantitative estimate of drug-likeness (QED) is 0.869. The van der Waals surface area contributed by atoms with Crippen molar-refractivity contribution < 1.29 is 13.9 Å². The number of halogens is 3. The van der Waals surface area contributed by atoms with Gasteiger partial charge in [-0.3, -0.25) is 5.32 Å². The van der Waals surface area contributed by atoms with E-state index in [-0.39, 0.29) is 5.75 Å². The summed E-state index contributed by atoms with van der Waals surface area (Å²) in [5.74, 6) is -0.170. The molecule has 0 radical (unpaired) electrons. The van der Waals surface area contributed by atoms with Crippen molar-refractivity contribution in [3.8, 4) is 5.75 Å². The van der Waals surface area contributed by atoms with Crippen LogP contribution in [0.1, 0.15) is 0 Å². The SMILES string of the molecule is O=C(Nc1ccc(Cl)c(Cl)c1)Oc1ccc(F)cc1. The summed E-state index contributed by atoms with van der Waals surface area (Å²) in [6.07, 6.45) is -0.704. The predicted molar refractivity (Wildman–Crippen MR) is 72.5 cm³/mol. The second-order valence-corrected chi connectivity index (χ2v) is 4.41. The first kappa shape index (κ1) is 13.6. The molecule has 19 heavy (non-hydrogen) atoms. The minimum Gasteiger partial charge on any atom is -0.410 e. The third-order valence-electron chi connectivity index (χ3n) is 2.19. The maximum atomic E-state index is 12.7. The Labute approximate surface area is 118 Å². The van der Waals surface area contributed by atoms with Crippen LogP contribution in [0.3, 0.4) is 0 Å². The van der Waals surface area contributed by atoms with E-state index in [2.05, 4.69) is 5.32 Å². The molecule has 0 aliphatic heterocycles. The van der Waals surface area contributed by atoms with E-state index in [4.69, 9.17) is 27.9 Å². The molecular weight excluding hydrogens is 292 g/mol. The van der Waals surface area contributed by atoms with Gasteiger partial charge in [0.05, 0.1) is 10.0 Å². The zero-order valence-electron chi connectivity index (χ0n) is 9.49. The van der Waals surface area contributed by atoms with Gasteiger partial charge >= 0.3 is 6.09 Å². The summed E-state index contributed by atoms with van der Waals surface area (Å²) in [6.45, 7) is 0. The second-order valence-electron chi connectivity index (χ2n) is 3.60. The molecule has 0 aromatic heterocycles. The molecule has 0 unspecified atom stereocenters. The second kappa shape index (κ2) is 5.91. The highest BCUT2D eigenvalue weighted by Gasteiger charge is 2.06. The van der Waals surface area contributed by atoms with Crippen molar-refractivity contribution in [2.24, 2.45) is 0 Å². The van der Waals surface area contributed by atoms with E-state index in [1.807, 2.05) is 0 Å². The summed E-state index contributed by atoms with van der Waals surface area (Å²) >= 11 is 11.6. The third kappa shape index (κ3) is 3.84. The van der Waals surface area contributed by atoms with Crippen molar-refractivity contribution >= 4 is 35.0 Å². The van der Waals surface area contributed by atoms with Gasteiger partial charge in [-0.15, -0.1) is 0 Å². The summed E-state index contributed by atoms with van der Waals surface area (Å²) in [4.78, 5) is 11.6. The minimum atomic E-state index is -0.704. The lowest BCUT2D eigenvalue weighted by atomic mass is 10.3. The molecule has 1 amide bonds. The van der Waals surface area contributed by atoms with Crippen LogP contribution in [0.2, 0.25) is 10.0 Å². The van der Waals surface area contributed by atoms with Gasteiger partial charge in [-0.2, -0.15) is 0 Å². The average Bonchev–Trinajstić information content (AvgIpc) is 2.37. The van der Waals surface area contributed by atoms with Crippen LogP contribution in [-0.2, 0) is 0 Å². The van der Waals surface area contributed by atoms with Crippen LogP contribution in [0.25, 0.3) is 0 Å². The van der Waals surface area contributed by atoms with Crippen molar-refractivity contribution in [2.75, 3.05) is 5.32 Å². The average molecular weight is 300 g/mol. The van der Waals surface area contributed by atoms with Crippen molar-refractivity contribution in [1.82, 2.24) is 0 Å². The molecule has 2 aromatic carbocycles. The number of benzene rings is 2. The van der Waals surface area contributed by atoms with Crippen molar-refractivity contribution in [3.05, 3.63) is 58.3 Å². The van der Waals surface area contributed by atoms with E-state index in [1.165, 1.54) is 30.3 Å². The molecule has 6 heteroatoms. The molecule has 0 aliphatic rings. The molecule has 0 fully saturated rings. The van der Waals surface area contributed by atoms with Gasteiger partial charge < -0.3 is 4.74 Å². The van der Waals surface area contributed by atoms with E-state index >= 15 is 0 Å². The number of carbonyl (C=O) groups excluding carboxylic acids is 1. The number of anilines is 1. The first-order valence-electron chi connectivity index (χ1n) is 5.24. The predicted octanol–water partition coefficient (Wildman–Crippen LogP) is 4.74. The van der Waals surface area contributed by atoms with Crippen LogP contribution in [0.5, 0.6) is 5.75 Å². The topological polar surface area (TPSA) is 38.3 Å². The summed E-state index contributed by atoms with van der Waals surface area (Å²) in [6, 6.07) is 9.73. The van der Waals surface area contributed by atoms with Crippen molar-refractivity contribution in [1.29, 1.82) is 0 Å². The molecule has 0 heterocycles. The van der Waals surface area contributed by atoms with Gasteiger partial charge in [-0.1, -0.05) is 23.2 Å². The number of hydrogen-bond donors (Lipinski definition) is 1. The van der Waals surface area contributed by atoms with Gasteiger partial charge in [0, 0.05) is 5.69 Å². The maximum absolute atomic E-state index is 12.7. The van der Waals surface area contributed by atoms with Gasteiger partial charge in [0.25, 0.3) is 0 Å². The summed E-state index contributed by atoms with van der Waals surface area (Å²) in [7, 11) is 0. The Morgan fingerprint density at radius 3 is 2.37 bits per heavy atom. The fraction of sp³-hybridized carbons (Fsp3) is 0. The number of hydrogen-bond acceptors (Lipinski definition) is 2. The Balaban J connectivity index is 2.01. The van der Waals surface area contributed by atoms with Gasteiger partial charge in [-0.05, 0) is 42.5 Å².